The molecule has 4 heterocycles. The summed E-state index contributed by atoms with van der Waals surface area (Å²) in [5, 5.41) is 8.79. The number of nitrogens with two attached hydrogens (primary N) is 1. The van der Waals surface area contributed by atoms with Gasteiger partial charge >= 0.3 is 0 Å². The quantitative estimate of drug-likeness (QED) is 0.166. The first kappa shape index (κ1) is 35.5. The van der Waals surface area contributed by atoms with Gasteiger partial charge in [-0.25, -0.2) is 9.97 Å². The van der Waals surface area contributed by atoms with E-state index in [0.717, 1.165) is 61.0 Å². The Morgan fingerprint density at radius 1 is 0.510 bits per heavy atom. The number of nitrogens with zero attached hydrogens (tertiary/aromatic N) is 4. The van der Waals surface area contributed by atoms with E-state index in [-0.39, 0.29) is 0 Å². The smallest absolute Gasteiger partial charge is 0.139 e. The second-order valence-electron chi connectivity index (χ2n) is 11.3. The first-order chi connectivity index (χ1) is 25.0. The second kappa shape index (κ2) is 17.5. The van der Waals surface area contributed by atoms with Crippen molar-refractivity contribution < 1.29 is 0 Å². The molecule has 0 aliphatic rings. The molecule has 0 saturated heterocycles. The van der Waals surface area contributed by atoms with Crippen LogP contribution in [0.25, 0.3) is 43.8 Å². The summed E-state index contributed by atoms with van der Waals surface area (Å²) in [6.45, 7) is 1.12. The molecule has 4 aromatic carbocycles. The Hall–Kier alpha value is -5.37. The van der Waals surface area contributed by atoms with Crippen LogP contribution in [0.2, 0.25) is 15.5 Å². The van der Waals surface area contributed by atoms with Crippen molar-refractivity contribution in [1.29, 1.82) is 0 Å². The molecule has 9 heteroatoms. The van der Waals surface area contributed by atoms with E-state index >= 15 is 0 Å². The maximum absolute atomic E-state index is 6.24. The number of hydrogen-bond acceptors (Lipinski definition) is 6. The van der Waals surface area contributed by atoms with Crippen LogP contribution in [-0.2, 0) is 13.1 Å². The average molecular weight is 728 g/mol. The Morgan fingerprint density at radius 3 is 1.55 bits per heavy atom. The molecule has 51 heavy (non-hydrogen) atoms. The number of anilines is 1. The Labute approximate surface area is 311 Å². The molecule has 0 unspecified atom stereocenters. The lowest BCUT2D eigenvalue weighted by Gasteiger charge is -2.13. The molecule has 0 bridgehead atoms. The van der Waals surface area contributed by atoms with E-state index in [2.05, 4.69) is 61.7 Å². The summed E-state index contributed by atoms with van der Waals surface area (Å²) in [5.74, 6) is 0.771. The standard InChI is InChI=1S/C21H16ClN3.C15H9Cl2N.C6H8N2/c22-19-13-16-9-6-11-18(15-7-2-1-3-8-15)20(16)21(25-19)24-14-17-10-4-5-12-23-17;16-13-9-11-7-4-8-12(14(11)15(17)18-13)10-5-2-1-3-6-10;7-5-6-3-1-2-4-8-6/h1-13H,14H2,(H,24,25);1-9H;1-4H,5,7H2. The normalized spacial score (nSPS) is 10.5. The van der Waals surface area contributed by atoms with Crippen LogP contribution in [0.15, 0.2) is 158 Å². The number of nitrogens with one attached hydrogen (secondary N) is 1. The van der Waals surface area contributed by atoms with Crippen molar-refractivity contribution in [3.63, 3.8) is 0 Å². The van der Waals surface area contributed by atoms with Crippen molar-refractivity contribution in [2.75, 3.05) is 5.32 Å². The highest BCUT2D eigenvalue weighted by atomic mass is 35.5. The minimum Gasteiger partial charge on any atom is -0.364 e. The van der Waals surface area contributed by atoms with Crippen LogP contribution < -0.4 is 11.1 Å². The molecule has 0 aliphatic heterocycles. The van der Waals surface area contributed by atoms with Crippen LogP contribution >= 0.6 is 34.8 Å². The minimum atomic E-state index is 0.415. The second-order valence-corrected chi connectivity index (χ2v) is 12.4. The van der Waals surface area contributed by atoms with Gasteiger partial charge in [-0.3, -0.25) is 9.97 Å². The zero-order valence-corrected chi connectivity index (χ0v) is 29.7. The van der Waals surface area contributed by atoms with E-state index in [1.54, 1.807) is 12.4 Å². The van der Waals surface area contributed by atoms with Gasteiger partial charge in [-0.2, -0.15) is 0 Å². The number of halogens is 3. The van der Waals surface area contributed by atoms with E-state index in [1.807, 2.05) is 109 Å². The van der Waals surface area contributed by atoms with Crippen LogP contribution in [0.4, 0.5) is 5.82 Å². The van der Waals surface area contributed by atoms with Crippen molar-refractivity contribution in [1.82, 2.24) is 19.9 Å². The SMILES string of the molecule is Clc1cc2cccc(-c3ccccc3)c2c(Cl)n1.Clc1cc2cccc(-c3ccccc3)c2c(NCc2ccccn2)n1.NCc1ccccn1. The average Bonchev–Trinajstić information content (AvgIpc) is 3.18. The number of rotatable bonds is 6. The molecular formula is C42H33Cl3N6. The molecule has 0 saturated carbocycles. The maximum atomic E-state index is 6.24. The lowest BCUT2D eigenvalue weighted by molar-refractivity contribution is 0.991. The summed E-state index contributed by atoms with van der Waals surface area (Å²) in [5.41, 5.74) is 11.7. The Balaban J connectivity index is 0.000000150. The van der Waals surface area contributed by atoms with Gasteiger partial charge in [0.15, 0.2) is 0 Å². The van der Waals surface area contributed by atoms with Crippen LogP contribution in [0.5, 0.6) is 0 Å². The fourth-order valence-corrected chi connectivity index (χ4v) is 6.30. The first-order valence-corrected chi connectivity index (χ1v) is 17.3. The Kier molecular flexibility index (Phi) is 12.2. The van der Waals surface area contributed by atoms with Crippen LogP contribution in [0.3, 0.4) is 0 Å². The molecule has 0 fully saturated rings. The highest BCUT2D eigenvalue weighted by Crippen LogP contribution is 2.35. The zero-order chi connectivity index (χ0) is 35.4. The number of pyridine rings is 4. The van der Waals surface area contributed by atoms with Gasteiger partial charge in [-0.15, -0.1) is 0 Å². The number of fused-ring (bicyclic) bond motifs is 2. The number of aromatic nitrogens is 4. The third kappa shape index (κ3) is 9.25. The number of benzene rings is 4. The van der Waals surface area contributed by atoms with Gasteiger partial charge in [0.25, 0.3) is 0 Å². The largest absolute Gasteiger partial charge is 0.364 e. The highest BCUT2D eigenvalue weighted by molar-refractivity contribution is 6.37. The predicted octanol–water partition coefficient (Wildman–Crippen LogP) is 11.3. The van der Waals surface area contributed by atoms with Crippen molar-refractivity contribution in [2.45, 2.75) is 13.1 Å². The molecule has 0 amide bonds. The molecule has 0 aliphatic carbocycles. The summed E-state index contributed by atoms with van der Waals surface area (Å²) in [4.78, 5) is 17.0. The molecule has 4 aromatic heterocycles. The van der Waals surface area contributed by atoms with Crippen molar-refractivity contribution in [3.8, 4) is 22.3 Å². The van der Waals surface area contributed by atoms with Gasteiger partial charge in [0.05, 0.1) is 17.9 Å². The van der Waals surface area contributed by atoms with Crippen molar-refractivity contribution in [3.05, 3.63) is 185 Å². The van der Waals surface area contributed by atoms with Crippen molar-refractivity contribution in [2.24, 2.45) is 5.73 Å². The maximum Gasteiger partial charge on any atom is 0.139 e. The van der Waals surface area contributed by atoms with E-state index < -0.39 is 0 Å². The van der Waals surface area contributed by atoms with Crippen molar-refractivity contribution >= 4 is 62.2 Å². The number of hydrogen-bond donors (Lipinski definition) is 2. The monoisotopic (exact) mass is 726 g/mol. The summed E-state index contributed by atoms with van der Waals surface area (Å²) >= 11 is 18.4. The molecule has 3 N–H and O–H groups in total. The summed E-state index contributed by atoms with van der Waals surface area (Å²) in [6, 6.07) is 48.0. The van der Waals surface area contributed by atoms with E-state index in [1.165, 1.54) is 0 Å². The lowest BCUT2D eigenvalue weighted by atomic mass is 9.99. The van der Waals surface area contributed by atoms with Gasteiger partial charge in [0.2, 0.25) is 0 Å². The van der Waals surface area contributed by atoms with E-state index in [9.17, 15) is 0 Å². The summed E-state index contributed by atoms with van der Waals surface area (Å²) < 4.78 is 0. The molecule has 8 aromatic rings. The first-order valence-electron chi connectivity index (χ1n) is 16.2. The van der Waals surface area contributed by atoms with Gasteiger partial charge < -0.3 is 11.1 Å². The molecule has 0 radical (unpaired) electrons. The molecule has 252 valence electrons. The fourth-order valence-electron chi connectivity index (χ4n) is 5.55. The van der Waals surface area contributed by atoms with Gasteiger partial charge in [0.1, 0.15) is 21.3 Å². The summed E-state index contributed by atoms with van der Waals surface area (Å²) in [7, 11) is 0. The Morgan fingerprint density at radius 2 is 1.02 bits per heavy atom. The van der Waals surface area contributed by atoms with Crippen LogP contribution in [0.1, 0.15) is 11.4 Å². The lowest BCUT2D eigenvalue weighted by Crippen LogP contribution is -2.04. The van der Waals surface area contributed by atoms with Crippen LogP contribution in [0, 0.1) is 0 Å². The molecular weight excluding hydrogens is 695 g/mol. The molecule has 8 rings (SSSR count). The van der Waals surface area contributed by atoms with E-state index in [4.69, 9.17) is 40.5 Å². The molecule has 0 spiro atoms. The summed E-state index contributed by atoms with van der Waals surface area (Å²) in [6.07, 6.45) is 3.53. The zero-order valence-electron chi connectivity index (χ0n) is 27.4. The topological polar surface area (TPSA) is 89.6 Å². The third-order valence-corrected chi connectivity index (χ3v) is 8.54. The third-order valence-electron chi connectivity index (χ3n) is 7.88. The molecule has 0 atom stereocenters. The van der Waals surface area contributed by atoms with Gasteiger partial charge in [0, 0.05) is 29.7 Å². The predicted molar refractivity (Wildman–Crippen MR) is 213 cm³/mol. The Bertz CT molecular complexity index is 2330. The minimum absolute atomic E-state index is 0.415. The van der Waals surface area contributed by atoms with Gasteiger partial charge in [-0.1, -0.05) is 144 Å². The van der Waals surface area contributed by atoms with Gasteiger partial charge in [-0.05, 0) is 69.4 Å². The fraction of sp³-hybridized carbons (Fsp3) is 0.0476. The van der Waals surface area contributed by atoms with E-state index in [0.29, 0.717) is 28.5 Å². The molecule has 6 nitrogen and oxygen atoms in total. The highest BCUT2D eigenvalue weighted by Gasteiger charge is 2.12. The van der Waals surface area contributed by atoms with Crippen LogP contribution in [-0.4, -0.2) is 19.9 Å².